The van der Waals surface area contributed by atoms with E-state index in [4.69, 9.17) is 0 Å². The molecule has 1 fully saturated rings. The highest BCUT2D eigenvalue weighted by Gasteiger charge is 2.26. The zero-order chi connectivity index (χ0) is 13.0. The Morgan fingerprint density at radius 3 is 2.94 bits per heavy atom. The number of anilines is 1. The van der Waals surface area contributed by atoms with Crippen LogP contribution in [0.25, 0.3) is 0 Å². The fourth-order valence-corrected chi connectivity index (χ4v) is 3.79. The van der Waals surface area contributed by atoms with Gasteiger partial charge in [0.1, 0.15) is 0 Å². The second-order valence-electron chi connectivity index (χ2n) is 4.48. The van der Waals surface area contributed by atoms with Crippen LogP contribution in [-0.2, 0) is 10.0 Å². The van der Waals surface area contributed by atoms with Crippen LogP contribution in [0.5, 0.6) is 0 Å². The molecule has 0 amide bonds. The van der Waals surface area contributed by atoms with Crippen LogP contribution in [0.15, 0.2) is 5.38 Å². The van der Waals surface area contributed by atoms with Crippen LogP contribution < -0.4 is 10.0 Å². The van der Waals surface area contributed by atoms with Gasteiger partial charge in [0.2, 0.25) is 10.0 Å². The molecule has 0 saturated heterocycles. The Morgan fingerprint density at radius 1 is 1.50 bits per heavy atom. The maximum Gasteiger partial charge on any atom is 0.234 e. The molecule has 0 radical (unpaired) electrons. The number of hydrogen-bond donors (Lipinski definition) is 2. The minimum atomic E-state index is -3.25. The molecule has 1 saturated carbocycles. The third-order valence-electron chi connectivity index (χ3n) is 2.78. The van der Waals surface area contributed by atoms with Gasteiger partial charge < -0.3 is 5.32 Å². The lowest BCUT2D eigenvalue weighted by Crippen LogP contribution is -2.21. The molecule has 0 atom stereocenters. The zero-order valence-electron chi connectivity index (χ0n) is 10.5. The molecule has 0 aromatic carbocycles. The van der Waals surface area contributed by atoms with Crippen molar-refractivity contribution in [2.75, 3.05) is 23.6 Å². The minimum absolute atomic E-state index is 0.137. The van der Waals surface area contributed by atoms with Crippen molar-refractivity contribution in [1.82, 2.24) is 10.3 Å². The van der Waals surface area contributed by atoms with Crippen LogP contribution >= 0.6 is 11.3 Å². The van der Waals surface area contributed by atoms with Crippen molar-refractivity contribution in [1.29, 1.82) is 0 Å². The predicted octanol–water partition coefficient (Wildman–Crippen LogP) is 1.76. The van der Waals surface area contributed by atoms with Crippen LogP contribution in [0.2, 0.25) is 0 Å². The topological polar surface area (TPSA) is 71.1 Å². The Bertz CT molecular complexity index is 480. The first-order valence-corrected chi connectivity index (χ1v) is 8.80. The predicted molar refractivity (Wildman–Crippen MR) is 74.7 cm³/mol. The van der Waals surface area contributed by atoms with Gasteiger partial charge in [-0.15, -0.1) is 11.3 Å². The number of sulfonamides is 1. The van der Waals surface area contributed by atoms with Crippen LogP contribution in [0, 0.1) is 0 Å². The Balaban J connectivity index is 1.82. The molecule has 0 unspecified atom stereocenters. The van der Waals surface area contributed by atoms with Gasteiger partial charge in [-0.3, -0.25) is 4.72 Å². The van der Waals surface area contributed by atoms with E-state index in [1.54, 1.807) is 0 Å². The van der Waals surface area contributed by atoms with E-state index in [9.17, 15) is 8.42 Å². The van der Waals surface area contributed by atoms with Gasteiger partial charge in [-0.05, 0) is 32.4 Å². The fourth-order valence-electron chi connectivity index (χ4n) is 1.65. The van der Waals surface area contributed by atoms with E-state index in [1.165, 1.54) is 24.2 Å². The highest BCUT2D eigenvalue weighted by molar-refractivity contribution is 7.92. The van der Waals surface area contributed by atoms with Gasteiger partial charge in [-0.1, -0.05) is 6.92 Å². The molecule has 1 aliphatic rings. The van der Waals surface area contributed by atoms with Gasteiger partial charge >= 0.3 is 0 Å². The first-order valence-electron chi connectivity index (χ1n) is 6.27. The number of nitrogens with zero attached hydrogens (tertiary/aromatic N) is 1. The molecule has 1 aromatic rings. The van der Waals surface area contributed by atoms with Crippen molar-refractivity contribution < 1.29 is 8.42 Å². The van der Waals surface area contributed by atoms with Crippen molar-refractivity contribution >= 4 is 26.5 Å². The van der Waals surface area contributed by atoms with E-state index in [2.05, 4.69) is 15.0 Å². The van der Waals surface area contributed by atoms with Crippen LogP contribution in [0.1, 0.15) is 37.8 Å². The lowest BCUT2D eigenvalue weighted by Gasteiger charge is -2.05. The van der Waals surface area contributed by atoms with E-state index in [-0.39, 0.29) is 5.75 Å². The van der Waals surface area contributed by atoms with Crippen molar-refractivity contribution in [2.24, 2.45) is 0 Å². The summed E-state index contributed by atoms with van der Waals surface area (Å²) < 4.78 is 26.1. The Labute approximate surface area is 112 Å². The number of rotatable bonds is 8. The molecule has 0 bridgehead atoms. The summed E-state index contributed by atoms with van der Waals surface area (Å²) in [7, 11) is -3.25. The summed E-state index contributed by atoms with van der Waals surface area (Å²) in [5.74, 6) is 0.700. The van der Waals surface area contributed by atoms with E-state index >= 15 is 0 Å². The lowest BCUT2D eigenvalue weighted by molar-refractivity contribution is 0.595. The molecular weight excluding hydrogens is 270 g/mol. The summed E-state index contributed by atoms with van der Waals surface area (Å²) in [6.45, 7) is 3.59. The number of hydrogen-bond acceptors (Lipinski definition) is 5. The number of thiazole rings is 1. The smallest absolute Gasteiger partial charge is 0.234 e. The van der Waals surface area contributed by atoms with Gasteiger partial charge in [0, 0.05) is 11.3 Å². The fraction of sp³-hybridized carbons (Fsp3) is 0.727. The van der Waals surface area contributed by atoms with Gasteiger partial charge in [-0.25, -0.2) is 13.4 Å². The molecular formula is C11H19N3O2S2. The highest BCUT2D eigenvalue weighted by atomic mass is 32.2. The molecule has 0 spiro atoms. The summed E-state index contributed by atoms with van der Waals surface area (Å²) in [6.07, 6.45) is 2.97. The third-order valence-corrected chi connectivity index (χ3v) is 5.01. The molecule has 0 aliphatic heterocycles. The average Bonchev–Trinajstić information content (AvgIpc) is 3.07. The van der Waals surface area contributed by atoms with Gasteiger partial charge in [0.15, 0.2) is 5.13 Å². The second kappa shape index (κ2) is 5.99. The maximum atomic E-state index is 11.8. The van der Waals surface area contributed by atoms with E-state index in [0.29, 0.717) is 17.5 Å². The molecule has 5 nitrogen and oxygen atoms in total. The number of aromatic nitrogens is 1. The molecule has 2 rings (SSSR count). The summed E-state index contributed by atoms with van der Waals surface area (Å²) in [4.78, 5) is 4.31. The van der Waals surface area contributed by atoms with Gasteiger partial charge in [-0.2, -0.15) is 0 Å². The van der Waals surface area contributed by atoms with E-state index < -0.39 is 10.0 Å². The molecule has 1 aromatic heterocycles. The lowest BCUT2D eigenvalue weighted by atomic mass is 10.3. The minimum Gasteiger partial charge on any atom is -0.317 e. The SMILES string of the molecule is CCNCCCS(=O)(=O)Nc1nc(C2CC2)cs1. The average molecular weight is 289 g/mol. The van der Waals surface area contributed by atoms with Crippen molar-refractivity contribution in [2.45, 2.75) is 32.1 Å². The van der Waals surface area contributed by atoms with Gasteiger partial charge in [0.25, 0.3) is 0 Å². The Hall–Kier alpha value is -0.660. The Morgan fingerprint density at radius 2 is 2.28 bits per heavy atom. The first-order chi connectivity index (χ1) is 8.61. The first kappa shape index (κ1) is 13.8. The van der Waals surface area contributed by atoms with Crippen molar-refractivity contribution in [3.8, 4) is 0 Å². The number of nitrogens with one attached hydrogen (secondary N) is 2. The molecule has 1 aliphatic carbocycles. The van der Waals surface area contributed by atoms with Crippen LogP contribution in [0.3, 0.4) is 0 Å². The van der Waals surface area contributed by atoms with Gasteiger partial charge in [0.05, 0.1) is 11.4 Å². The normalized spacial score (nSPS) is 15.8. The summed E-state index contributed by atoms with van der Waals surface area (Å²) in [5, 5.41) is 5.56. The van der Waals surface area contributed by atoms with Crippen LogP contribution in [-0.4, -0.2) is 32.2 Å². The maximum absolute atomic E-state index is 11.8. The summed E-state index contributed by atoms with van der Waals surface area (Å²) in [6, 6.07) is 0. The van der Waals surface area contributed by atoms with Crippen molar-refractivity contribution in [3.05, 3.63) is 11.1 Å². The summed E-state index contributed by atoms with van der Waals surface area (Å²) in [5.41, 5.74) is 1.03. The quantitative estimate of drug-likeness (QED) is 0.715. The largest absolute Gasteiger partial charge is 0.317 e. The molecule has 102 valence electrons. The standard InChI is InChI=1S/C11H19N3O2S2/c1-2-12-6-3-7-18(15,16)14-11-13-10(8-17-11)9-4-5-9/h8-9,12H,2-7H2,1H3,(H,13,14). The molecule has 1 heterocycles. The zero-order valence-corrected chi connectivity index (χ0v) is 12.1. The monoisotopic (exact) mass is 289 g/mol. The second-order valence-corrected chi connectivity index (χ2v) is 7.18. The summed E-state index contributed by atoms with van der Waals surface area (Å²) >= 11 is 1.37. The third kappa shape index (κ3) is 4.22. The van der Waals surface area contributed by atoms with E-state index in [0.717, 1.165) is 18.8 Å². The molecule has 7 heteroatoms. The highest BCUT2D eigenvalue weighted by Crippen LogP contribution is 2.40. The molecule has 2 N–H and O–H groups in total. The molecule has 18 heavy (non-hydrogen) atoms. The van der Waals surface area contributed by atoms with Crippen molar-refractivity contribution in [3.63, 3.8) is 0 Å². The Kier molecular flexibility index (Phi) is 4.58. The van der Waals surface area contributed by atoms with E-state index in [1.807, 2.05) is 12.3 Å². The van der Waals surface area contributed by atoms with Crippen LogP contribution in [0.4, 0.5) is 5.13 Å².